The molecule has 0 aliphatic heterocycles. The number of nitrogens with one attached hydrogen (secondary N) is 1. The summed E-state index contributed by atoms with van der Waals surface area (Å²) in [6, 6.07) is 0. The molecule has 5 heteroatoms. The monoisotopic (exact) mass is 231 g/mol. The predicted molar refractivity (Wildman–Crippen MR) is 66.5 cm³/mol. The summed E-state index contributed by atoms with van der Waals surface area (Å²) in [4.78, 5) is 13.2. The van der Waals surface area contributed by atoms with E-state index in [1.807, 2.05) is 32.5 Å². The molecule has 0 fully saturated rings. The van der Waals surface area contributed by atoms with Crippen LogP contribution in [0.5, 0.6) is 0 Å². The normalized spacial score (nSPS) is 10.8. The standard InChI is InChI=1S/C12H17N5/c1-8-10(5-13-3)9(2)16-12(15-8)11-6-14-7-17(11)4/h6-7,13H,5H2,1-4H3. The van der Waals surface area contributed by atoms with E-state index in [9.17, 15) is 0 Å². The second kappa shape index (κ2) is 4.63. The summed E-state index contributed by atoms with van der Waals surface area (Å²) < 4.78 is 1.92. The first-order chi connectivity index (χ1) is 8.13. The van der Waals surface area contributed by atoms with E-state index in [1.165, 1.54) is 5.56 Å². The molecule has 0 atom stereocenters. The largest absolute Gasteiger partial charge is 0.331 e. The third-order valence-corrected chi connectivity index (χ3v) is 2.82. The van der Waals surface area contributed by atoms with Gasteiger partial charge in [-0.25, -0.2) is 15.0 Å². The van der Waals surface area contributed by atoms with Crippen molar-refractivity contribution in [1.82, 2.24) is 24.8 Å². The van der Waals surface area contributed by atoms with Crippen LogP contribution in [0.3, 0.4) is 0 Å². The van der Waals surface area contributed by atoms with Gasteiger partial charge in [0, 0.05) is 30.5 Å². The second-order valence-corrected chi connectivity index (χ2v) is 4.12. The minimum absolute atomic E-state index is 0.736. The van der Waals surface area contributed by atoms with Crippen molar-refractivity contribution in [2.75, 3.05) is 7.05 Å². The van der Waals surface area contributed by atoms with Gasteiger partial charge in [-0.1, -0.05) is 0 Å². The predicted octanol–water partition coefficient (Wildman–Crippen LogP) is 1.21. The first-order valence-electron chi connectivity index (χ1n) is 5.59. The summed E-state index contributed by atoms with van der Waals surface area (Å²) in [6.45, 7) is 4.83. The molecule has 0 aromatic carbocycles. The summed E-state index contributed by atoms with van der Waals surface area (Å²) in [5, 5.41) is 3.13. The molecule has 17 heavy (non-hydrogen) atoms. The van der Waals surface area contributed by atoms with E-state index in [0.717, 1.165) is 29.5 Å². The maximum absolute atomic E-state index is 4.54. The zero-order chi connectivity index (χ0) is 12.4. The SMILES string of the molecule is CNCc1c(C)nc(-c2cncn2C)nc1C. The van der Waals surface area contributed by atoms with Gasteiger partial charge in [0.25, 0.3) is 0 Å². The van der Waals surface area contributed by atoms with E-state index >= 15 is 0 Å². The smallest absolute Gasteiger partial charge is 0.178 e. The molecule has 0 saturated heterocycles. The van der Waals surface area contributed by atoms with E-state index in [1.54, 1.807) is 12.5 Å². The maximum atomic E-state index is 4.54. The average molecular weight is 231 g/mol. The third kappa shape index (κ3) is 2.19. The Morgan fingerprint density at radius 2 is 1.88 bits per heavy atom. The van der Waals surface area contributed by atoms with Crippen LogP contribution >= 0.6 is 0 Å². The number of imidazole rings is 1. The van der Waals surface area contributed by atoms with Crippen molar-refractivity contribution in [3.05, 3.63) is 29.5 Å². The summed E-state index contributed by atoms with van der Waals surface area (Å²) in [7, 11) is 3.87. The lowest BCUT2D eigenvalue weighted by atomic mass is 10.1. The molecular formula is C12H17N5. The molecule has 0 amide bonds. The Balaban J connectivity index is 2.49. The maximum Gasteiger partial charge on any atom is 0.178 e. The van der Waals surface area contributed by atoms with E-state index in [2.05, 4.69) is 20.3 Å². The van der Waals surface area contributed by atoms with Crippen LogP contribution in [-0.2, 0) is 13.6 Å². The Hall–Kier alpha value is -1.75. The highest BCUT2D eigenvalue weighted by atomic mass is 15.1. The Labute approximate surface area is 101 Å². The molecule has 2 heterocycles. The number of aryl methyl sites for hydroxylation is 3. The zero-order valence-corrected chi connectivity index (χ0v) is 10.7. The summed E-state index contributed by atoms with van der Waals surface area (Å²) in [5.41, 5.74) is 4.14. The van der Waals surface area contributed by atoms with Gasteiger partial charge in [0.15, 0.2) is 5.82 Å². The summed E-state index contributed by atoms with van der Waals surface area (Å²) in [5.74, 6) is 0.736. The van der Waals surface area contributed by atoms with Gasteiger partial charge in [-0.3, -0.25) is 0 Å². The third-order valence-electron chi connectivity index (χ3n) is 2.82. The molecule has 1 N–H and O–H groups in total. The van der Waals surface area contributed by atoms with Gasteiger partial charge in [-0.15, -0.1) is 0 Å². The fourth-order valence-corrected chi connectivity index (χ4v) is 1.86. The van der Waals surface area contributed by atoms with Gasteiger partial charge in [0.1, 0.15) is 5.69 Å². The van der Waals surface area contributed by atoms with E-state index < -0.39 is 0 Å². The molecule has 0 bridgehead atoms. The summed E-state index contributed by atoms with van der Waals surface area (Å²) >= 11 is 0. The average Bonchev–Trinajstić information content (AvgIpc) is 2.69. The van der Waals surface area contributed by atoms with E-state index in [4.69, 9.17) is 0 Å². The first-order valence-corrected chi connectivity index (χ1v) is 5.59. The Bertz CT molecular complexity index is 506. The van der Waals surface area contributed by atoms with Crippen LogP contribution in [0.2, 0.25) is 0 Å². The summed E-state index contributed by atoms with van der Waals surface area (Å²) in [6.07, 6.45) is 3.54. The van der Waals surface area contributed by atoms with Crippen molar-refractivity contribution in [3.63, 3.8) is 0 Å². The van der Waals surface area contributed by atoms with Crippen molar-refractivity contribution in [2.45, 2.75) is 20.4 Å². The number of hydrogen-bond acceptors (Lipinski definition) is 4. The fourth-order valence-electron chi connectivity index (χ4n) is 1.86. The molecular weight excluding hydrogens is 214 g/mol. The lowest BCUT2D eigenvalue weighted by Crippen LogP contribution is -2.11. The quantitative estimate of drug-likeness (QED) is 0.862. The molecule has 0 radical (unpaired) electrons. The molecule has 0 saturated carbocycles. The van der Waals surface area contributed by atoms with Gasteiger partial charge < -0.3 is 9.88 Å². The first kappa shape index (κ1) is 11.7. The highest BCUT2D eigenvalue weighted by Crippen LogP contribution is 2.17. The fraction of sp³-hybridized carbons (Fsp3) is 0.417. The second-order valence-electron chi connectivity index (χ2n) is 4.12. The van der Waals surface area contributed by atoms with Gasteiger partial charge in [0.2, 0.25) is 0 Å². The molecule has 0 spiro atoms. The number of nitrogens with zero attached hydrogens (tertiary/aromatic N) is 4. The van der Waals surface area contributed by atoms with Gasteiger partial charge >= 0.3 is 0 Å². The van der Waals surface area contributed by atoms with Crippen molar-refractivity contribution in [2.24, 2.45) is 7.05 Å². The molecule has 0 aliphatic carbocycles. The molecule has 2 aromatic rings. The van der Waals surface area contributed by atoms with E-state index in [0.29, 0.717) is 0 Å². The molecule has 2 aromatic heterocycles. The van der Waals surface area contributed by atoms with Gasteiger partial charge in [0.05, 0.1) is 12.5 Å². The number of rotatable bonds is 3. The molecule has 2 rings (SSSR count). The van der Waals surface area contributed by atoms with Crippen molar-refractivity contribution >= 4 is 0 Å². The van der Waals surface area contributed by atoms with Crippen LogP contribution < -0.4 is 5.32 Å². The van der Waals surface area contributed by atoms with Crippen LogP contribution in [0, 0.1) is 13.8 Å². The minimum atomic E-state index is 0.736. The Morgan fingerprint density at radius 1 is 1.24 bits per heavy atom. The highest BCUT2D eigenvalue weighted by molar-refractivity contribution is 5.49. The van der Waals surface area contributed by atoms with E-state index in [-0.39, 0.29) is 0 Å². The topological polar surface area (TPSA) is 55.6 Å². The van der Waals surface area contributed by atoms with Crippen molar-refractivity contribution in [1.29, 1.82) is 0 Å². The van der Waals surface area contributed by atoms with Crippen LogP contribution in [-0.4, -0.2) is 26.6 Å². The molecule has 0 aliphatic rings. The van der Waals surface area contributed by atoms with Crippen molar-refractivity contribution in [3.8, 4) is 11.5 Å². The Morgan fingerprint density at radius 3 is 2.35 bits per heavy atom. The van der Waals surface area contributed by atoms with Gasteiger partial charge in [-0.2, -0.15) is 0 Å². The minimum Gasteiger partial charge on any atom is -0.331 e. The molecule has 5 nitrogen and oxygen atoms in total. The lowest BCUT2D eigenvalue weighted by Gasteiger charge is -2.10. The van der Waals surface area contributed by atoms with Crippen LogP contribution in [0.4, 0.5) is 0 Å². The number of aromatic nitrogens is 4. The molecule has 90 valence electrons. The van der Waals surface area contributed by atoms with Crippen LogP contribution in [0.25, 0.3) is 11.5 Å². The lowest BCUT2D eigenvalue weighted by molar-refractivity contribution is 0.785. The highest BCUT2D eigenvalue weighted by Gasteiger charge is 2.11. The zero-order valence-electron chi connectivity index (χ0n) is 10.7. The van der Waals surface area contributed by atoms with Gasteiger partial charge in [-0.05, 0) is 20.9 Å². The van der Waals surface area contributed by atoms with Crippen molar-refractivity contribution < 1.29 is 0 Å². The van der Waals surface area contributed by atoms with Crippen LogP contribution in [0.1, 0.15) is 17.0 Å². The Kier molecular flexibility index (Phi) is 3.19. The number of hydrogen-bond donors (Lipinski definition) is 1. The van der Waals surface area contributed by atoms with Crippen LogP contribution in [0.15, 0.2) is 12.5 Å². The molecule has 0 unspecified atom stereocenters.